The Kier molecular flexibility index (Phi) is 4.47. The number of phenols is 1. The molecule has 2 bridgehead atoms. The van der Waals surface area contributed by atoms with E-state index in [0.717, 1.165) is 19.4 Å². The fourth-order valence-electron chi connectivity index (χ4n) is 4.87. The van der Waals surface area contributed by atoms with Crippen molar-refractivity contribution in [3.8, 4) is 28.6 Å². The molecular formula is C22H25FN6O2. The minimum absolute atomic E-state index is 0.0489. The molecule has 1 aromatic carbocycles. The summed E-state index contributed by atoms with van der Waals surface area (Å²) in [7, 11) is 1.98. The first-order valence-corrected chi connectivity index (χ1v) is 10.4. The fraction of sp³-hybridized carbons (Fsp3) is 0.455. The predicted octanol–water partition coefficient (Wildman–Crippen LogP) is 3.02. The van der Waals surface area contributed by atoms with Crippen LogP contribution in [0.2, 0.25) is 0 Å². The fourth-order valence-corrected chi connectivity index (χ4v) is 4.87. The highest BCUT2D eigenvalue weighted by Crippen LogP contribution is 2.51. The number of hydrogen-bond donors (Lipinski definition) is 1. The number of nitrogens with zero attached hydrogens (tertiary/aromatic N) is 6. The smallest absolute Gasteiger partial charge is 0.233 e. The number of ether oxygens (including phenoxy) is 1. The van der Waals surface area contributed by atoms with Gasteiger partial charge in [0, 0.05) is 29.7 Å². The summed E-state index contributed by atoms with van der Waals surface area (Å²) >= 11 is 0. The summed E-state index contributed by atoms with van der Waals surface area (Å²) in [5.41, 5.74) is 0.911. The van der Waals surface area contributed by atoms with E-state index in [4.69, 9.17) is 4.74 Å². The third-order valence-corrected chi connectivity index (χ3v) is 7.05. The maximum absolute atomic E-state index is 15.4. The Labute approximate surface area is 179 Å². The molecule has 0 amide bonds. The lowest BCUT2D eigenvalue weighted by molar-refractivity contribution is -0.177. The lowest BCUT2D eigenvalue weighted by Gasteiger charge is -2.61. The maximum Gasteiger partial charge on any atom is 0.233 e. The molecule has 1 saturated carbocycles. The van der Waals surface area contributed by atoms with Crippen LogP contribution in [0.4, 0.5) is 4.39 Å². The zero-order valence-electron chi connectivity index (χ0n) is 17.7. The van der Waals surface area contributed by atoms with Gasteiger partial charge in [-0.1, -0.05) is 12.1 Å². The standard InChI is InChI=1S/C22H25FN6O2/c1-21-8-9-22(2,28(3)13-21)19(23)20(21)31-18-7-6-16(25-26-18)15-5-4-14(12-17(15)30)29-11-10-24-27-29/h4-7,10-12,19-20,30H,8-9,13H2,1-3H3/t19-,20-,21+,22+/m0/s1. The second-order valence-electron chi connectivity index (χ2n) is 9.11. The molecule has 6 rings (SSSR count). The first kappa shape index (κ1) is 19.9. The van der Waals surface area contributed by atoms with E-state index < -0.39 is 17.8 Å². The Bertz CT molecular complexity index is 1090. The van der Waals surface area contributed by atoms with Crippen molar-refractivity contribution in [1.29, 1.82) is 0 Å². The van der Waals surface area contributed by atoms with Gasteiger partial charge in [0.15, 0.2) is 6.17 Å². The number of benzene rings is 1. The predicted molar refractivity (Wildman–Crippen MR) is 112 cm³/mol. The summed E-state index contributed by atoms with van der Waals surface area (Å²) in [5, 5.41) is 26.5. The third-order valence-electron chi connectivity index (χ3n) is 7.05. The van der Waals surface area contributed by atoms with Crippen molar-refractivity contribution >= 4 is 0 Å². The number of halogens is 1. The third kappa shape index (κ3) is 3.15. The highest BCUT2D eigenvalue weighted by Gasteiger charge is 2.61. The molecule has 2 saturated heterocycles. The first-order valence-electron chi connectivity index (χ1n) is 10.4. The van der Waals surface area contributed by atoms with Crippen molar-refractivity contribution in [3.05, 3.63) is 42.7 Å². The van der Waals surface area contributed by atoms with E-state index in [0.29, 0.717) is 16.9 Å². The van der Waals surface area contributed by atoms with Gasteiger partial charge in [0.1, 0.15) is 11.9 Å². The summed E-state index contributed by atoms with van der Waals surface area (Å²) < 4.78 is 23.0. The van der Waals surface area contributed by atoms with Gasteiger partial charge in [-0.15, -0.1) is 15.3 Å². The number of fused-ring (bicyclic) bond motifs is 3. The maximum atomic E-state index is 15.4. The van der Waals surface area contributed by atoms with Crippen molar-refractivity contribution in [1.82, 2.24) is 30.1 Å². The number of aromatic nitrogens is 5. The number of aromatic hydroxyl groups is 1. The largest absolute Gasteiger partial charge is 0.507 e. The number of alkyl halides is 1. The van der Waals surface area contributed by atoms with Gasteiger partial charge in [0.05, 0.1) is 29.3 Å². The van der Waals surface area contributed by atoms with Crippen molar-refractivity contribution in [2.24, 2.45) is 5.41 Å². The first-order chi connectivity index (χ1) is 14.8. The Hall–Kier alpha value is -3.07. The van der Waals surface area contributed by atoms with Crippen LogP contribution in [0.3, 0.4) is 0 Å². The summed E-state index contributed by atoms with van der Waals surface area (Å²) in [4.78, 5) is 2.11. The van der Waals surface area contributed by atoms with Crippen LogP contribution >= 0.6 is 0 Å². The second kappa shape index (κ2) is 6.98. The van der Waals surface area contributed by atoms with Gasteiger partial charge in [0.25, 0.3) is 0 Å². The molecule has 4 atom stereocenters. The number of phenolic OH excluding ortho intramolecular Hbond substituents is 1. The molecule has 1 aliphatic carbocycles. The Morgan fingerprint density at radius 3 is 2.65 bits per heavy atom. The van der Waals surface area contributed by atoms with Crippen LogP contribution in [-0.4, -0.2) is 66.6 Å². The van der Waals surface area contributed by atoms with Crippen molar-refractivity contribution in [2.45, 2.75) is 44.5 Å². The van der Waals surface area contributed by atoms with Gasteiger partial charge in [-0.2, -0.15) is 0 Å². The lowest BCUT2D eigenvalue weighted by Crippen LogP contribution is -2.72. The molecule has 4 heterocycles. The normalized spacial score (nSPS) is 30.5. The van der Waals surface area contributed by atoms with E-state index in [1.54, 1.807) is 47.4 Å². The van der Waals surface area contributed by atoms with E-state index in [2.05, 4.69) is 32.3 Å². The zero-order valence-corrected chi connectivity index (χ0v) is 17.7. The minimum Gasteiger partial charge on any atom is -0.507 e. The number of piperidine rings is 2. The van der Waals surface area contributed by atoms with E-state index in [9.17, 15) is 5.11 Å². The Morgan fingerprint density at radius 1 is 1.16 bits per heavy atom. The second-order valence-corrected chi connectivity index (χ2v) is 9.11. The van der Waals surface area contributed by atoms with E-state index >= 15 is 4.39 Å². The molecular weight excluding hydrogens is 399 g/mol. The van der Waals surface area contributed by atoms with Crippen LogP contribution in [0.25, 0.3) is 16.9 Å². The zero-order chi connectivity index (χ0) is 21.8. The van der Waals surface area contributed by atoms with Gasteiger partial charge in [-0.3, -0.25) is 4.90 Å². The van der Waals surface area contributed by atoms with Crippen molar-refractivity contribution < 1.29 is 14.2 Å². The molecule has 3 aliphatic rings. The van der Waals surface area contributed by atoms with E-state index in [-0.39, 0.29) is 17.0 Å². The SMILES string of the molecule is CN1C[C@@]2(C)CC[C@]1(C)[C@@H](F)[C@@H]2Oc1ccc(-c2ccc(-n3ccnn3)cc2O)nn1. The van der Waals surface area contributed by atoms with Gasteiger partial charge in [0.2, 0.25) is 5.88 Å². The molecule has 8 nitrogen and oxygen atoms in total. The molecule has 9 heteroatoms. The highest BCUT2D eigenvalue weighted by atomic mass is 19.1. The molecule has 31 heavy (non-hydrogen) atoms. The molecule has 162 valence electrons. The Balaban J connectivity index is 1.36. The van der Waals surface area contributed by atoms with Crippen LogP contribution in [-0.2, 0) is 0 Å². The lowest BCUT2D eigenvalue weighted by atomic mass is 9.60. The van der Waals surface area contributed by atoms with Gasteiger partial charge >= 0.3 is 0 Å². The summed E-state index contributed by atoms with van der Waals surface area (Å²) in [6.07, 6.45) is 3.30. The van der Waals surface area contributed by atoms with Crippen LogP contribution < -0.4 is 4.74 Å². The quantitative estimate of drug-likeness (QED) is 0.689. The molecule has 0 spiro atoms. The van der Waals surface area contributed by atoms with Gasteiger partial charge in [-0.25, -0.2) is 9.07 Å². The van der Waals surface area contributed by atoms with Crippen LogP contribution in [0.5, 0.6) is 11.6 Å². The average molecular weight is 424 g/mol. The van der Waals surface area contributed by atoms with Crippen LogP contribution in [0.15, 0.2) is 42.7 Å². The van der Waals surface area contributed by atoms with E-state index in [1.165, 1.54) is 0 Å². The Morgan fingerprint density at radius 2 is 2.00 bits per heavy atom. The summed E-state index contributed by atoms with van der Waals surface area (Å²) in [5.74, 6) is 0.336. The van der Waals surface area contributed by atoms with Gasteiger partial charge < -0.3 is 9.84 Å². The monoisotopic (exact) mass is 424 g/mol. The molecule has 0 unspecified atom stereocenters. The average Bonchev–Trinajstić information content (AvgIpc) is 3.29. The molecule has 2 aliphatic heterocycles. The number of hydrogen-bond acceptors (Lipinski definition) is 7. The molecule has 1 N–H and O–H groups in total. The summed E-state index contributed by atoms with van der Waals surface area (Å²) in [6, 6.07) is 8.53. The van der Waals surface area contributed by atoms with Crippen LogP contribution in [0.1, 0.15) is 26.7 Å². The number of rotatable bonds is 4. The van der Waals surface area contributed by atoms with Crippen LogP contribution in [0, 0.1) is 5.41 Å². The minimum atomic E-state index is -1.11. The van der Waals surface area contributed by atoms with Crippen molar-refractivity contribution in [3.63, 3.8) is 0 Å². The molecule has 3 aromatic rings. The van der Waals surface area contributed by atoms with Crippen molar-refractivity contribution in [2.75, 3.05) is 13.6 Å². The topological polar surface area (TPSA) is 89.2 Å². The van der Waals surface area contributed by atoms with E-state index in [1.807, 2.05) is 14.0 Å². The molecule has 3 fully saturated rings. The van der Waals surface area contributed by atoms with Gasteiger partial charge in [-0.05, 0) is 45.0 Å². The molecule has 2 aromatic heterocycles. The highest BCUT2D eigenvalue weighted by molar-refractivity contribution is 5.68. The summed E-state index contributed by atoms with van der Waals surface area (Å²) in [6.45, 7) is 4.83. The molecule has 0 radical (unpaired) electrons.